The van der Waals surface area contributed by atoms with Crippen LogP contribution in [0.2, 0.25) is 0 Å². The molecule has 0 aromatic heterocycles. The van der Waals surface area contributed by atoms with Gasteiger partial charge in [0.15, 0.2) is 0 Å². The fourth-order valence-corrected chi connectivity index (χ4v) is 0.835. The van der Waals surface area contributed by atoms with E-state index in [4.69, 9.17) is 5.11 Å². The maximum absolute atomic E-state index is 9.81. The molecule has 1 N–H and O–H groups in total. The van der Waals surface area contributed by atoms with Crippen LogP contribution in [0.15, 0.2) is 0 Å². The van der Waals surface area contributed by atoms with E-state index in [2.05, 4.69) is 20.8 Å². The maximum Gasteiger partial charge on any atom is 0.129 e. The third-order valence-electron chi connectivity index (χ3n) is 2.22. The van der Waals surface area contributed by atoms with Gasteiger partial charge in [-0.05, 0) is 13.3 Å². The van der Waals surface area contributed by atoms with Gasteiger partial charge in [-0.3, -0.25) is 0 Å². The monoisotopic (exact) mass is 246 g/mol. The van der Waals surface area contributed by atoms with E-state index < -0.39 is 0 Å². The molecule has 0 saturated heterocycles. The van der Waals surface area contributed by atoms with Gasteiger partial charge in [0.05, 0.1) is 0 Å². The van der Waals surface area contributed by atoms with Crippen molar-refractivity contribution in [3.8, 4) is 0 Å². The summed E-state index contributed by atoms with van der Waals surface area (Å²) in [5.74, 6) is 0.255. The van der Waals surface area contributed by atoms with Gasteiger partial charge in [0.1, 0.15) is 5.78 Å². The summed E-state index contributed by atoms with van der Waals surface area (Å²) >= 11 is 0. The van der Waals surface area contributed by atoms with E-state index in [-0.39, 0.29) is 5.78 Å². The molecule has 0 saturated carbocycles. The van der Waals surface area contributed by atoms with Gasteiger partial charge in [0.2, 0.25) is 0 Å². The minimum atomic E-state index is 0.255. The van der Waals surface area contributed by atoms with Crippen LogP contribution in [0.5, 0.6) is 0 Å². The topological polar surface area (TPSA) is 37.3 Å². The number of aliphatic hydroxyl groups is 1. The normalized spacial score (nSPS) is 8.59. The number of hydrogen-bond donors (Lipinski definition) is 1. The van der Waals surface area contributed by atoms with Gasteiger partial charge in [-0.2, -0.15) is 0 Å². The molecule has 0 heterocycles. The first kappa shape index (κ1) is 21.9. The summed E-state index contributed by atoms with van der Waals surface area (Å²) in [6.45, 7) is 10.3. The first-order valence-corrected chi connectivity index (χ1v) is 7.20. The summed E-state index contributed by atoms with van der Waals surface area (Å²) in [6, 6.07) is 0. The molecule has 0 radical (unpaired) electrons. The van der Waals surface area contributed by atoms with Crippen LogP contribution in [0.25, 0.3) is 0 Å². The number of hydrogen-bond acceptors (Lipinski definition) is 2. The highest BCUT2D eigenvalue weighted by molar-refractivity contribution is 5.74. The Hall–Kier alpha value is -0.370. The van der Waals surface area contributed by atoms with Crippen LogP contribution in [0.3, 0.4) is 0 Å². The summed E-state index contributed by atoms with van der Waals surface area (Å²) in [7, 11) is 0. The van der Waals surface area contributed by atoms with Crippen molar-refractivity contribution >= 4 is 5.78 Å². The SMILES string of the molecule is CCC(C)=O.CCCCCCC.CCCCO. The number of unbranched alkanes of at least 4 members (excludes halogenated alkanes) is 5. The molecule has 0 aromatic carbocycles. The van der Waals surface area contributed by atoms with E-state index in [9.17, 15) is 4.79 Å². The molecule has 0 rings (SSSR count). The molecule has 0 amide bonds. The summed E-state index contributed by atoms with van der Waals surface area (Å²) in [5.41, 5.74) is 0. The van der Waals surface area contributed by atoms with Crippen molar-refractivity contribution in [2.24, 2.45) is 0 Å². The minimum Gasteiger partial charge on any atom is -0.396 e. The number of ketones is 1. The zero-order chi connectivity index (χ0) is 13.9. The van der Waals surface area contributed by atoms with Crippen molar-refractivity contribution in [1.29, 1.82) is 0 Å². The smallest absolute Gasteiger partial charge is 0.129 e. The number of rotatable bonds is 7. The van der Waals surface area contributed by atoms with Crippen molar-refractivity contribution < 1.29 is 9.90 Å². The van der Waals surface area contributed by atoms with E-state index in [0.717, 1.165) is 12.8 Å². The van der Waals surface area contributed by atoms with Crippen molar-refractivity contribution in [1.82, 2.24) is 0 Å². The Morgan fingerprint density at radius 2 is 1.18 bits per heavy atom. The fraction of sp³-hybridized carbons (Fsp3) is 0.933. The quantitative estimate of drug-likeness (QED) is 0.659. The van der Waals surface area contributed by atoms with Crippen LogP contribution >= 0.6 is 0 Å². The molecule has 0 aromatic rings. The second kappa shape index (κ2) is 24.7. The lowest BCUT2D eigenvalue weighted by atomic mass is 10.2. The van der Waals surface area contributed by atoms with E-state index in [1.807, 2.05) is 6.92 Å². The summed E-state index contributed by atoms with van der Waals surface area (Å²) in [5, 5.41) is 8.07. The van der Waals surface area contributed by atoms with Crippen molar-refractivity contribution in [2.75, 3.05) is 6.61 Å². The van der Waals surface area contributed by atoms with Gasteiger partial charge >= 0.3 is 0 Å². The zero-order valence-corrected chi connectivity index (χ0v) is 12.7. The number of Topliss-reactive ketones (excluding diaryl/α,β-unsaturated/α-hetero) is 1. The van der Waals surface area contributed by atoms with Crippen molar-refractivity contribution in [2.45, 2.75) is 86.0 Å². The average Bonchev–Trinajstić information content (AvgIpc) is 2.32. The van der Waals surface area contributed by atoms with E-state index in [0.29, 0.717) is 13.0 Å². The molecule has 0 atom stereocenters. The van der Waals surface area contributed by atoms with E-state index in [1.165, 1.54) is 32.1 Å². The minimum absolute atomic E-state index is 0.255. The molecule has 0 aliphatic rings. The zero-order valence-electron chi connectivity index (χ0n) is 12.7. The highest BCUT2D eigenvalue weighted by Gasteiger charge is 1.80. The number of carbonyl (C=O) groups is 1. The number of carbonyl (C=O) groups excluding carboxylic acids is 1. The molecule has 2 heteroatoms. The third kappa shape index (κ3) is 49.9. The predicted octanol–water partition coefficient (Wildman–Crippen LogP) is 4.74. The highest BCUT2D eigenvalue weighted by Crippen LogP contribution is 2.00. The Balaban J connectivity index is -0.000000177. The van der Waals surface area contributed by atoms with Crippen LogP contribution in [0.4, 0.5) is 0 Å². The second-order valence-corrected chi connectivity index (χ2v) is 4.19. The molecule has 0 aliphatic heterocycles. The summed E-state index contributed by atoms with van der Waals surface area (Å²) in [6.07, 6.45) is 9.71. The Morgan fingerprint density at radius 1 is 0.824 bits per heavy atom. The molecule has 0 unspecified atom stereocenters. The molecule has 17 heavy (non-hydrogen) atoms. The molecule has 0 bridgehead atoms. The van der Waals surface area contributed by atoms with E-state index in [1.54, 1.807) is 6.92 Å². The van der Waals surface area contributed by atoms with Crippen LogP contribution < -0.4 is 0 Å². The predicted molar refractivity (Wildman–Crippen MR) is 77.4 cm³/mol. The van der Waals surface area contributed by atoms with Gasteiger partial charge in [-0.1, -0.05) is 66.2 Å². The molecule has 0 fully saturated rings. The summed E-state index contributed by atoms with van der Waals surface area (Å²) in [4.78, 5) is 9.81. The first-order chi connectivity index (χ1) is 8.10. The lowest BCUT2D eigenvalue weighted by Gasteiger charge is -1.90. The summed E-state index contributed by atoms with van der Waals surface area (Å²) < 4.78 is 0. The van der Waals surface area contributed by atoms with Crippen molar-refractivity contribution in [3.63, 3.8) is 0 Å². The fourth-order valence-electron chi connectivity index (χ4n) is 0.835. The lowest BCUT2D eigenvalue weighted by Crippen LogP contribution is -1.80. The molecular weight excluding hydrogens is 212 g/mol. The Bertz CT molecular complexity index is 116. The Kier molecular flexibility index (Phi) is 31.8. The maximum atomic E-state index is 9.81. The Labute approximate surface area is 109 Å². The van der Waals surface area contributed by atoms with Gasteiger partial charge < -0.3 is 9.90 Å². The van der Waals surface area contributed by atoms with Crippen LogP contribution in [0, 0.1) is 0 Å². The van der Waals surface area contributed by atoms with Crippen molar-refractivity contribution in [3.05, 3.63) is 0 Å². The lowest BCUT2D eigenvalue weighted by molar-refractivity contribution is -0.116. The number of aliphatic hydroxyl groups excluding tert-OH is 1. The van der Waals surface area contributed by atoms with Crippen LogP contribution in [-0.4, -0.2) is 17.5 Å². The molecule has 0 aliphatic carbocycles. The second-order valence-electron chi connectivity index (χ2n) is 4.19. The van der Waals surface area contributed by atoms with Gasteiger partial charge in [0.25, 0.3) is 0 Å². The largest absolute Gasteiger partial charge is 0.396 e. The van der Waals surface area contributed by atoms with Gasteiger partial charge in [-0.25, -0.2) is 0 Å². The third-order valence-corrected chi connectivity index (χ3v) is 2.22. The van der Waals surface area contributed by atoms with Gasteiger partial charge in [0, 0.05) is 13.0 Å². The Morgan fingerprint density at radius 3 is 1.29 bits per heavy atom. The van der Waals surface area contributed by atoms with Gasteiger partial charge in [-0.15, -0.1) is 0 Å². The standard InChI is InChI=1S/C7H16.C4H8O.C4H10O/c1-3-5-7-6-4-2;1-3-4(2)5;1-2-3-4-5/h3-7H2,1-2H3;3H2,1-2H3;5H,2-4H2,1H3. The molecule has 2 nitrogen and oxygen atoms in total. The van der Waals surface area contributed by atoms with Crippen LogP contribution in [0.1, 0.15) is 86.0 Å². The molecular formula is C15H34O2. The first-order valence-electron chi connectivity index (χ1n) is 7.20. The average molecular weight is 246 g/mol. The highest BCUT2D eigenvalue weighted by atomic mass is 16.2. The van der Waals surface area contributed by atoms with Crippen LogP contribution in [-0.2, 0) is 4.79 Å². The molecule has 0 spiro atoms. The van der Waals surface area contributed by atoms with E-state index >= 15 is 0 Å². The molecule has 106 valence electrons.